The lowest BCUT2D eigenvalue weighted by Crippen LogP contribution is -2.49. The zero-order chi connectivity index (χ0) is 27.9. The summed E-state index contributed by atoms with van der Waals surface area (Å²) in [6.07, 6.45) is 4.85. The predicted octanol–water partition coefficient (Wildman–Crippen LogP) is 5.43. The molecule has 0 saturated carbocycles. The zero-order valence-electron chi connectivity index (χ0n) is 23.4. The number of nitrogens with one attached hydrogen (secondary N) is 1. The van der Waals surface area contributed by atoms with E-state index in [2.05, 4.69) is 28.9 Å². The Morgan fingerprint density at radius 2 is 1.59 bits per heavy atom. The lowest BCUT2D eigenvalue weighted by molar-refractivity contribution is -0.139. The van der Waals surface area contributed by atoms with Gasteiger partial charge in [0.2, 0.25) is 0 Å². The molecule has 2 aromatic carbocycles. The van der Waals surface area contributed by atoms with Crippen LogP contribution < -0.4 is 14.9 Å². The first-order valence-electron chi connectivity index (χ1n) is 13.6. The molecule has 1 aliphatic rings. The van der Waals surface area contributed by atoms with Crippen LogP contribution in [0.2, 0.25) is 0 Å². The third-order valence-electron chi connectivity index (χ3n) is 7.21. The highest BCUT2D eigenvalue weighted by Gasteiger charge is 2.29. The van der Waals surface area contributed by atoms with Crippen molar-refractivity contribution >= 4 is 18.0 Å². The summed E-state index contributed by atoms with van der Waals surface area (Å²) in [5.41, 5.74) is 7.05. The van der Waals surface area contributed by atoms with Gasteiger partial charge in [0.25, 0.3) is 11.8 Å². The highest BCUT2D eigenvalue weighted by molar-refractivity contribution is 5.95. The molecule has 1 aromatic heterocycles. The number of nitrogens with zero attached hydrogens (tertiary/aromatic N) is 3. The molecular weight excluding hydrogens is 492 g/mol. The van der Waals surface area contributed by atoms with Crippen LogP contribution in [0.1, 0.15) is 67.3 Å². The van der Waals surface area contributed by atoms with Gasteiger partial charge in [0.05, 0.1) is 12.8 Å². The van der Waals surface area contributed by atoms with Gasteiger partial charge in [0, 0.05) is 40.3 Å². The molecule has 0 spiro atoms. The first-order chi connectivity index (χ1) is 18.8. The minimum Gasteiger partial charge on any atom is -0.494 e. The highest BCUT2D eigenvalue weighted by atomic mass is 16.5. The second kappa shape index (κ2) is 12.7. The Kier molecular flexibility index (Phi) is 9.07. The quantitative estimate of drug-likeness (QED) is 0.296. The Labute approximate surface area is 230 Å². The predicted molar refractivity (Wildman–Crippen MR) is 153 cm³/mol. The number of benzene rings is 2. The molecule has 4 rings (SSSR count). The maximum Gasteiger partial charge on any atom is 0.271 e. The molecule has 1 fully saturated rings. The monoisotopic (exact) mass is 530 g/mol. The van der Waals surface area contributed by atoms with Gasteiger partial charge in [-0.25, -0.2) is 5.43 Å². The van der Waals surface area contributed by atoms with Crippen molar-refractivity contribution in [2.24, 2.45) is 5.10 Å². The molecule has 1 N–H and O–H groups in total. The second-order valence-corrected chi connectivity index (χ2v) is 10.0. The standard InChI is InChI=1S/C31H38N4O4/c1-6-38-28-16-12-27(13-17-28)35-23(4)18-26(24(35)5)19-32-33-31(37)25-10-14-29(15-11-25)39-20-30(36)34-21(2)8-7-9-22(34)3/h10-19,21-22H,6-9,20H2,1-5H3,(H,33,37)/b32-19-/t21-,22-/m1/s1. The molecule has 0 aliphatic carbocycles. The van der Waals surface area contributed by atoms with Gasteiger partial charge in [0.15, 0.2) is 6.61 Å². The van der Waals surface area contributed by atoms with E-state index in [4.69, 9.17) is 9.47 Å². The topological polar surface area (TPSA) is 85.2 Å². The molecule has 2 atom stereocenters. The Balaban J connectivity index is 1.32. The minimum atomic E-state index is -0.329. The average Bonchev–Trinajstić information content (AvgIpc) is 3.20. The van der Waals surface area contributed by atoms with E-state index in [0.29, 0.717) is 17.9 Å². The lowest BCUT2D eigenvalue weighted by atomic mass is 9.97. The fourth-order valence-electron chi connectivity index (χ4n) is 5.23. The minimum absolute atomic E-state index is 0.00672. The van der Waals surface area contributed by atoms with Crippen molar-refractivity contribution in [1.82, 2.24) is 14.9 Å². The van der Waals surface area contributed by atoms with Gasteiger partial charge < -0.3 is 18.9 Å². The molecule has 2 amide bonds. The van der Waals surface area contributed by atoms with Crippen molar-refractivity contribution in [2.75, 3.05) is 13.2 Å². The number of aryl methyl sites for hydroxylation is 1. The SMILES string of the molecule is CCOc1ccc(-n2c(C)cc(/C=N\NC(=O)c3ccc(OCC(=O)N4[C@H](C)CCC[C@H]4C)cc3)c2C)cc1. The van der Waals surface area contributed by atoms with Crippen molar-refractivity contribution in [1.29, 1.82) is 0 Å². The van der Waals surface area contributed by atoms with E-state index in [-0.39, 0.29) is 30.5 Å². The summed E-state index contributed by atoms with van der Waals surface area (Å²) in [7, 11) is 0. The Morgan fingerprint density at radius 3 is 2.23 bits per heavy atom. The van der Waals surface area contributed by atoms with Crippen LogP contribution in [0.3, 0.4) is 0 Å². The molecule has 0 radical (unpaired) electrons. The second-order valence-electron chi connectivity index (χ2n) is 10.0. The summed E-state index contributed by atoms with van der Waals surface area (Å²) in [5, 5.41) is 4.17. The highest BCUT2D eigenvalue weighted by Crippen LogP contribution is 2.24. The Morgan fingerprint density at radius 1 is 0.974 bits per heavy atom. The largest absolute Gasteiger partial charge is 0.494 e. The number of rotatable bonds is 9. The summed E-state index contributed by atoms with van der Waals surface area (Å²) in [5.74, 6) is 1.04. The molecule has 0 unspecified atom stereocenters. The molecule has 8 nitrogen and oxygen atoms in total. The summed E-state index contributed by atoms with van der Waals surface area (Å²) >= 11 is 0. The number of piperidine rings is 1. The van der Waals surface area contributed by atoms with Gasteiger partial charge in [-0.2, -0.15) is 5.10 Å². The smallest absolute Gasteiger partial charge is 0.271 e. The molecular formula is C31H38N4O4. The van der Waals surface area contributed by atoms with Crippen molar-refractivity contribution < 1.29 is 19.1 Å². The molecule has 0 bridgehead atoms. The van der Waals surface area contributed by atoms with Crippen molar-refractivity contribution in [3.05, 3.63) is 77.1 Å². The van der Waals surface area contributed by atoms with Crippen molar-refractivity contribution in [3.63, 3.8) is 0 Å². The van der Waals surface area contributed by atoms with Gasteiger partial charge >= 0.3 is 0 Å². The number of hydrogen-bond donors (Lipinski definition) is 1. The van der Waals surface area contributed by atoms with Crippen LogP contribution >= 0.6 is 0 Å². The normalized spacial score (nSPS) is 17.3. The van der Waals surface area contributed by atoms with E-state index in [0.717, 1.165) is 47.7 Å². The number of hydrogen-bond acceptors (Lipinski definition) is 5. The lowest BCUT2D eigenvalue weighted by Gasteiger charge is -2.38. The van der Waals surface area contributed by atoms with Crippen LogP contribution in [0.4, 0.5) is 0 Å². The number of ether oxygens (including phenoxy) is 2. The maximum absolute atomic E-state index is 12.7. The molecule has 1 aliphatic heterocycles. The van der Waals surface area contributed by atoms with E-state index in [1.165, 1.54) is 0 Å². The van der Waals surface area contributed by atoms with E-state index in [1.54, 1.807) is 30.5 Å². The van der Waals surface area contributed by atoms with Crippen molar-refractivity contribution in [3.8, 4) is 17.2 Å². The molecule has 8 heteroatoms. The first-order valence-corrected chi connectivity index (χ1v) is 13.6. The fraction of sp³-hybridized carbons (Fsp3) is 0.387. The summed E-state index contributed by atoms with van der Waals surface area (Å²) in [6.45, 7) is 10.8. The molecule has 1 saturated heterocycles. The van der Waals surface area contributed by atoms with Crippen LogP contribution in [0, 0.1) is 13.8 Å². The molecule has 206 valence electrons. The van der Waals surface area contributed by atoms with E-state index >= 15 is 0 Å². The van der Waals surface area contributed by atoms with Crippen LogP contribution in [0.25, 0.3) is 5.69 Å². The van der Waals surface area contributed by atoms with Gasteiger partial charge in [-0.1, -0.05) is 0 Å². The van der Waals surface area contributed by atoms with Crippen LogP contribution in [0.15, 0.2) is 59.7 Å². The van der Waals surface area contributed by atoms with Crippen molar-refractivity contribution in [2.45, 2.75) is 66.0 Å². The van der Waals surface area contributed by atoms with Crippen LogP contribution in [-0.4, -0.2) is 52.8 Å². The summed E-state index contributed by atoms with van der Waals surface area (Å²) in [6, 6.07) is 17.1. The van der Waals surface area contributed by atoms with Gasteiger partial charge in [0.1, 0.15) is 11.5 Å². The van der Waals surface area contributed by atoms with E-state index in [1.807, 2.05) is 56.0 Å². The third-order valence-corrected chi connectivity index (χ3v) is 7.21. The summed E-state index contributed by atoms with van der Waals surface area (Å²) < 4.78 is 13.4. The fourth-order valence-corrected chi connectivity index (χ4v) is 5.23. The van der Waals surface area contributed by atoms with Gasteiger partial charge in [-0.05, 0) is 108 Å². The van der Waals surface area contributed by atoms with E-state index in [9.17, 15) is 9.59 Å². The maximum atomic E-state index is 12.7. The molecule has 2 heterocycles. The average molecular weight is 531 g/mol. The van der Waals surface area contributed by atoms with E-state index < -0.39 is 0 Å². The zero-order valence-corrected chi connectivity index (χ0v) is 23.4. The molecule has 3 aromatic rings. The number of hydrazone groups is 1. The van der Waals surface area contributed by atoms with Crippen LogP contribution in [-0.2, 0) is 4.79 Å². The number of aromatic nitrogens is 1. The Bertz CT molecular complexity index is 1300. The third kappa shape index (κ3) is 6.69. The van der Waals surface area contributed by atoms with Gasteiger partial charge in [-0.3, -0.25) is 9.59 Å². The first kappa shape index (κ1) is 28.0. The Hall–Kier alpha value is -4.07. The number of likely N-dealkylation sites (tertiary alicyclic amines) is 1. The molecule has 39 heavy (non-hydrogen) atoms. The number of amides is 2. The summed E-state index contributed by atoms with van der Waals surface area (Å²) in [4.78, 5) is 27.2. The number of carbonyl (C=O) groups is 2. The van der Waals surface area contributed by atoms with Crippen LogP contribution in [0.5, 0.6) is 11.5 Å². The van der Waals surface area contributed by atoms with Gasteiger partial charge in [-0.15, -0.1) is 0 Å². The number of carbonyl (C=O) groups excluding carboxylic acids is 2.